The monoisotopic (exact) mass is 128 g/mol. The lowest BCUT2D eigenvalue weighted by atomic mass is 9.88. The summed E-state index contributed by atoms with van der Waals surface area (Å²) in [5.41, 5.74) is 0.312. The van der Waals surface area contributed by atoms with Gasteiger partial charge in [-0.15, -0.1) is 5.06 Å². The Kier molecular flexibility index (Phi) is 1.53. The summed E-state index contributed by atoms with van der Waals surface area (Å²) in [6, 6.07) is 0.484. The largest absolute Gasteiger partial charge is 0.270 e. The van der Waals surface area contributed by atoms with E-state index in [-0.39, 0.29) is 0 Å². The fourth-order valence-electron chi connectivity index (χ4n) is 0.592. The summed E-state index contributed by atoms with van der Waals surface area (Å²) in [6.45, 7) is 10.5. The number of hydrogen-bond donors (Lipinski definition) is 0. The summed E-state index contributed by atoms with van der Waals surface area (Å²) in [4.78, 5) is 4.91. The normalized spacial score (nSPS) is 30.0. The zero-order chi connectivity index (χ0) is 7.07. The van der Waals surface area contributed by atoms with Gasteiger partial charge in [-0.3, -0.25) is 4.84 Å². The molecule has 53 valence electrons. The quantitative estimate of drug-likeness (QED) is 0.500. The van der Waals surface area contributed by atoms with Gasteiger partial charge in [0.25, 0.3) is 0 Å². The number of nitrogens with zero attached hydrogens (tertiary/aromatic N) is 1. The Labute approximate surface area is 56.8 Å². The van der Waals surface area contributed by atoms with E-state index in [1.54, 1.807) is 6.73 Å². The Bertz CT molecular complexity index is 102. The molecule has 0 aliphatic carbocycles. The first-order chi connectivity index (χ1) is 4.02. The zero-order valence-corrected chi connectivity index (χ0v) is 6.51. The molecule has 2 atom stereocenters. The van der Waals surface area contributed by atoms with Crippen molar-refractivity contribution in [2.75, 3.05) is 0 Å². The molecule has 0 spiro atoms. The van der Waals surface area contributed by atoms with E-state index in [4.69, 9.17) is 4.84 Å². The van der Waals surface area contributed by atoms with E-state index in [2.05, 4.69) is 27.7 Å². The Balaban J connectivity index is 2.40. The molecular weight excluding hydrogens is 114 g/mol. The van der Waals surface area contributed by atoms with Gasteiger partial charge in [0, 0.05) is 6.04 Å². The fraction of sp³-hybridized carbons (Fsp3) is 0.857. The number of hydrogen-bond acceptors (Lipinski definition) is 2. The lowest BCUT2D eigenvalue weighted by molar-refractivity contribution is 0.0865. The summed E-state index contributed by atoms with van der Waals surface area (Å²) in [5, 5.41) is 1.88. The van der Waals surface area contributed by atoms with Crippen LogP contribution in [-0.4, -0.2) is 11.1 Å². The average molecular weight is 128 g/mol. The SMILES string of the molecule is CC(N1[CH]O1)C(C)(C)C. The van der Waals surface area contributed by atoms with Gasteiger partial charge in [0.1, 0.15) is 0 Å². The van der Waals surface area contributed by atoms with Crippen LogP contribution < -0.4 is 0 Å². The first-order valence-electron chi connectivity index (χ1n) is 3.30. The van der Waals surface area contributed by atoms with Crippen molar-refractivity contribution in [2.24, 2.45) is 5.41 Å². The standard InChI is InChI=1S/C7H14NO/c1-6(7(2,3)4)8-5-9-8/h5-6H,1-4H3. The lowest BCUT2D eigenvalue weighted by Gasteiger charge is -2.25. The van der Waals surface area contributed by atoms with E-state index in [1.807, 2.05) is 5.06 Å². The molecule has 0 aromatic rings. The summed E-state index contributed by atoms with van der Waals surface area (Å²) >= 11 is 0. The minimum atomic E-state index is 0.312. The van der Waals surface area contributed by atoms with E-state index < -0.39 is 0 Å². The Hall–Kier alpha value is -0.0800. The van der Waals surface area contributed by atoms with Crippen LogP contribution in [0.2, 0.25) is 0 Å². The van der Waals surface area contributed by atoms with Gasteiger partial charge < -0.3 is 0 Å². The van der Waals surface area contributed by atoms with Gasteiger partial charge in [-0.2, -0.15) is 0 Å². The molecule has 0 aromatic carbocycles. The van der Waals surface area contributed by atoms with Gasteiger partial charge in [-0.25, -0.2) is 0 Å². The van der Waals surface area contributed by atoms with Crippen molar-refractivity contribution in [1.29, 1.82) is 0 Å². The van der Waals surface area contributed by atoms with Crippen molar-refractivity contribution in [3.8, 4) is 0 Å². The second-order valence-corrected chi connectivity index (χ2v) is 3.61. The molecule has 1 heterocycles. The van der Waals surface area contributed by atoms with Crippen LogP contribution >= 0.6 is 0 Å². The molecule has 1 fully saturated rings. The zero-order valence-electron chi connectivity index (χ0n) is 6.51. The molecule has 0 amide bonds. The summed E-state index contributed by atoms with van der Waals surface area (Å²) in [5.74, 6) is 0. The molecule has 0 saturated carbocycles. The molecule has 1 aliphatic heterocycles. The first-order valence-corrected chi connectivity index (χ1v) is 3.30. The maximum absolute atomic E-state index is 4.91. The second-order valence-electron chi connectivity index (χ2n) is 3.61. The second kappa shape index (κ2) is 1.96. The van der Waals surface area contributed by atoms with Crippen LogP contribution in [0.4, 0.5) is 0 Å². The van der Waals surface area contributed by atoms with Crippen LogP contribution in [0.5, 0.6) is 0 Å². The topological polar surface area (TPSA) is 15.5 Å². The molecule has 1 saturated heterocycles. The van der Waals surface area contributed by atoms with Crippen LogP contribution in [0, 0.1) is 12.1 Å². The van der Waals surface area contributed by atoms with Crippen LogP contribution in [-0.2, 0) is 4.84 Å². The molecule has 9 heavy (non-hydrogen) atoms. The van der Waals surface area contributed by atoms with Crippen molar-refractivity contribution in [3.63, 3.8) is 0 Å². The molecule has 0 bridgehead atoms. The Morgan fingerprint density at radius 3 is 2.00 bits per heavy atom. The number of hydroxylamine groups is 2. The van der Waals surface area contributed by atoms with Crippen LogP contribution in [0.15, 0.2) is 0 Å². The van der Waals surface area contributed by atoms with E-state index in [0.717, 1.165) is 0 Å². The van der Waals surface area contributed by atoms with Gasteiger partial charge >= 0.3 is 0 Å². The maximum atomic E-state index is 4.91. The predicted octanol–water partition coefficient (Wildman–Crippen LogP) is 1.79. The summed E-state index contributed by atoms with van der Waals surface area (Å²) < 4.78 is 0. The minimum Gasteiger partial charge on any atom is -0.270 e. The van der Waals surface area contributed by atoms with Gasteiger partial charge in [-0.1, -0.05) is 20.8 Å². The smallest absolute Gasteiger partial charge is 0.198 e. The van der Waals surface area contributed by atoms with E-state index in [9.17, 15) is 0 Å². The molecule has 2 heteroatoms. The molecule has 1 radical (unpaired) electrons. The molecule has 1 rings (SSSR count). The van der Waals surface area contributed by atoms with Crippen molar-refractivity contribution < 1.29 is 4.84 Å². The van der Waals surface area contributed by atoms with Crippen LogP contribution in [0.25, 0.3) is 0 Å². The highest BCUT2D eigenvalue weighted by molar-refractivity contribution is 4.81. The summed E-state index contributed by atoms with van der Waals surface area (Å²) in [7, 11) is 0. The highest BCUT2D eigenvalue weighted by Gasteiger charge is 2.35. The predicted molar refractivity (Wildman–Crippen MR) is 36.1 cm³/mol. The molecule has 1 aliphatic rings. The van der Waals surface area contributed by atoms with Crippen molar-refractivity contribution in [1.82, 2.24) is 5.06 Å². The Morgan fingerprint density at radius 2 is 1.89 bits per heavy atom. The fourth-order valence-corrected chi connectivity index (χ4v) is 0.592. The molecule has 0 N–H and O–H groups in total. The van der Waals surface area contributed by atoms with E-state index >= 15 is 0 Å². The van der Waals surface area contributed by atoms with Gasteiger partial charge in [-0.05, 0) is 12.3 Å². The maximum Gasteiger partial charge on any atom is 0.198 e. The third kappa shape index (κ3) is 1.66. The van der Waals surface area contributed by atoms with Crippen LogP contribution in [0.1, 0.15) is 27.7 Å². The third-order valence-electron chi connectivity index (χ3n) is 1.86. The highest BCUT2D eigenvalue weighted by Crippen LogP contribution is 2.30. The van der Waals surface area contributed by atoms with E-state index in [0.29, 0.717) is 11.5 Å². The molecule has 2 nitrogen and oxygen atoms in total. The van der Waals surface area contributed by atoms with Crippen LogP contribution in [0.3, 0.4) is 0 Å². The Morgan fingerprint density at radius 1 is 1.44 bits per heavy atom. The third-order valence-corrected chi connectivity index (χ3v) is 1.86. The lowest BCUT2D eigenvalue weighted by Crippen LogP contribution is -2.29. The van der Waals surface area contributed by atoms with Crippen molar-refractivity contribution in [3.05, 3.63) is 6.73 Å². The average Bonchev–Trinajstić information content (AvgIpc) is 2.40. The first kappa shape index (κ1) is 7.03. The molecule has 0 aromatic heterocycles. The van der Waals surface area contributed by atoms with Crippen molar-refractivity contribution in [2.45, 2.75) is 33.7 Å². The summed E-state index contributed by atoms with van der Waals surface area (Å²) in [6.07, 6.45) is 0. The highest BCUT2D eigenvalue weighted by atomic mass is 16.8. The van der Waals surface area contributed by atoms with Crippen molar-refractivity contribution >= 4 is 0 Å². The van der Waals surface area contributed by atoms with Gasteiger partial charge in [0.05, 0.1) is 0 Å². The molecular formula is C7H14NO. The van der Waals surface area contributed by atoms with Gasteiger partial charge in [0.2, 0.25) is 0 Å². The number of rotatable bonds is 1. The minimum absolute atomic E-state index is 0.312. The van der Waals surface area contributed by atoms with Gasteiger partial charge in [0.15, 0.2) is 6.73 Å². The molecule has 2 unspecified atom stereocenters. The van der Waals surface area contributed by atoms with E-state index in [1.165, 1.54) is 0 Å².